The minimum absolute atomic E-state index is 0.0274. The number of carbonyl (C=O) groups excluding carboxylic acids is 1. The molecule has 150 valence electrons. The molecule has 1 saturated heterocycles. The molecule has 0 radical (unpaired) electrons. The number of hydrogen-bond donors (Lipinski definition) is 1. The van der Waals surface area contributed by atoms with Crippen LogP contribution in [0, 0.1) is 13.8 Å². The predicted molar refractivity (Wildman–Crippen MR) is 113 cm³/mol. The molecule has 29 heavy (non-hydrogen) atoms. The molecule has 0 spiro atoms. The van der Waals surface area contributed by atoms with Crippen LogP contribution in [0.15, 0.2) is 53.1 Å². The van der Waals surface area contributed by atoms with Gasteiger partial charge in [0.15, 0.2) is 0 Å². The lowest BCUT2D eigenvalue weighted by atomic mass is 9.97. The molecule has 6 heteroatoms. The van der Waals surface area contributed by atoms with Crippen molar-refractivity contribution < 1.29 is 9.32 Å². The maximum absolute atomic E-state index is 12.4. The SMILES string of the molecule is Cc1ccc(NC(=O)CN2CCC(c3nc(-c4ccccc4)no3)CC2)c(C)c1. The smallest absolute Gasteiger partial charge is 0.238 e. The number of rotatable bonds is 5. The van der Waals surface area contributed by atoms with Crippen molar-refractivity contribution in [2.45, 2.75) is 32.6 Å². The Kier molecular flexibility index (Phi) is 5.71. The molecule has 0 atom stereocenters. The number of aromatic nitrogens is 2. The molecule has 0 bridgehead atoms. The minimum atomic E-state index is 0.0274. The molecule has 2 heterocycles. The number of anilines is 1. The fourth-order valence-electron chi connectivity index (χ4n) is 3.79. The summed E-state index contributed by atoms with van der Waals surface area (Å²) in [4.78, 5) is 19.2. The average molecular weight is 390 g/mol. The van der Waals surface area contributed by atoms with Gasteiger partial charge in [-0.15, -0.1) is 0 Å². The van der Waals surface area contributed by atoms with Gasteiger partial charge >= 0.3 is 0 Å². The van der Waals surface area contributed by atoms with E-state index >= 15 is 0 Å². The first kappa shape index (κ1) is 19.3. The zero-order valence-corrected chi connectivity index (χ0v) is 16.9. The van der Waals surface area contributed by atoms with Crippen LogP contribution in [0.1, 0.15) is 35.8 Å². The van der Waals surface area contributed by atoms with E-state index in [1.54, 1.807) is 0 Å². The van der Waals surface area contributed by atoms with Crippen LogP contribution < -0.4 is 5.32 Å². The van der Waals surface area contributed by atoms with Gasteiger partial charge in [-0.3, -0.25) is 9.69 Å². The Labute approximate surface area is 170 Å². The summed E-state index contributed by atoms with van der Waals surface area (Å²) < 4.78 is 5.52. The summed E-state index contributed by atoms with van der Waals surface area (Å²) in [5.41, 5.74) is 4.12. The second kappa shape index (κ2) is 8.57. The highest BCUT2D eigenvalue weighted by Crippen LogP contribution is 2.28. The first-order chi connectivity index (χ1) is 14.1. The molecule has 2 aromatic carbocycles. The topological polar surface area (TPSA) is 71.3 Å². The number of nitrogens with one attached hydrogen (secondary N) is 1. The highest BCUT2D eigenvalue weighted by Gasteiger charge is 2.26. The molecule has 6 nitrogen and oxygen atoms in total. The second-order valence-electron chi connectivity index (χ2n) is 7.74. The second-order valence-corrected chi connectivity index (χ2v) is 7.74. The summed E-state index contributed by atoms with van der Waals surface area (Å²) in [6.07, 6.45) is 1.82. The number of nitrogens with zero attached hydrogens (tertiary/aromatic N) is 3. The van der Waals surface area contributed by atoms with E-state index in [1.165, 1.54) is 5.56 Å². The average Bonchev–Trinajstić information content (AvgIpc) is 3.22. The first-order valence-corrected chi connectivity index (χ1v) is 10.1. The van der Waals surface area contributed by atoms with Crippen LogP contribution in [-0.2, 0) is 4.79 Å². The van der Waals surface area contributed by atoms with Crippen molar-refractivity contribution in [3.8, 4) is 11.4 Å². The Bertz CT molecular complexity index is 976. The Morgan fingerprint density at radius 1 is 1.14 bits per heavy atom. The minimum Gasteiger partial charge on any atom is -0.339 e. The molecular weight excluding hydrogens is 364 g/mol. The molecule has 0 aliphatic carbocycles. The van der Waals surface area contributed by atoms with Crippen LogP contribution in [0.25, 0.3) is 11.4 Å². The molecule has 0 saturated carbocycles. The van der Waals surface area contributed by atoms with E-state index < -0.39 is 0 Å². The van der Waals surface area contributed by atoms with Crippen LogP contribution in [0.5, 0.6) is 0 Å². The lowest BCUT2D eigenvalue weighted by Gasteiger charge is -2.29. The summed E-state index contributed by atoms with van der Waals surface area (Å²) in [7, 11) is 0. The predicted octanol–water partition coefficient (Wildman–Crippen LogP) is 4.17. The number of likely N-dealkylation sites (tertiary alicyclic amines) is 1. The molecule has 0 unspecified atom stereocenters. The van der Waals surface area contributed by atoms with Crippen molar-refractivity contribution in [1.29, 1.82) is 0 Å². The molecule has 1 N–H and O–H groups in total. The number of amides is 1. The molecule has 4 rings (SSSR count). The van der Waals surface area contributed by atoms with Crippen molar-refractivity contribution in [1.82, 2.24) is 15.0 Å². The van der Waals surface area contributed by atoms with Crippen LogP contribution in [-0.4, -0.2) is 40.6 Å². The number of benzene rings is 2. The Morgan fingerprint density at radius 2 is 1.90 bits per heavy atom. The van der Waals surface area contributed by atoms with Crippen molar-refractivity contribution in [2.75, 3.05) is 25.0 Å². The van der Waals surface area contributed by atoms with Gasteiger partial charge in [-0.25, -0.2) is 0 Å². The lowest BCUT2D eigenvalue weighted by molar-refractivity contribution is -0.117. The van der Waals surface area contributed by atoms with Crippen molar-refractivity contribution in [2.24, 2.45) is 0 Å². The summed E-state index contributed by atoms with van der Waals surface area (Å²) >= 11 is 0. The van der Waals surface area contributed by atoms with E-state index in [0.29, 0.717) is 18.3 Å². The molecule has 1 aliphatic rings. The molecule has 1 amide bonds. The van der Waals surface area contributed by atoms with Crippen molar-refractivity contribution >= 4 is 11.6 Å². The van der Waals surface area contributed by atoms with E-state index in [1.807, 2.05) is 49.4 Å². The van der Waals surface area contributed by atoms with Gasteiger partial charge in [0.25, 0.3) is 0 Å². The van der Waals surface area contributed by atoms with Gasteiger partial charge in [-0.05, 0) is 51.4 Å². The van der Waals surface area contributed by atoms with E-state index in [0.717, 1.165) is 42.7 Å². The molecule has 3 aromatic rings. The number of piperidine rings is 1. The third-order valence-electron chi connectivity index (χ3n) is 5.43. The van der Waals surface area contributed by atoms with Crippen molar-refractivity contribution in [3.63, 3.8) is 0 Å². The zero-order chi connectivity index (χ0) is 20.2. The summed E-state index contributed by atoms with van der Waals surface area (Å²) in [6.45, 7) is 6.15. The normalized spacial score (nSPS) is 15.4. The van der Waals surface area contributed by atoms with E-state index in [2.05, 4.69) is 33.3 Å². The quantitative estimate of drug-likeness (QED) is 0.708. The summed E-state index contributed by atoms with van der Waals surface area (Å²) in [5.74, 6) is 1.61. The van der Waals surface area contributed by atoms with Gasteiger partial charge in [-0.1, -0.05) is 53.2 Å². The van der Waals surface area contributed by atoms with Crippen LogP contribution in [0.3, 0.4) is 0 Å². The van der Waals surface area contributed by atoms with E-state index in [-0.39, 0.29) is 11.8 Å². The van der Waals surface area contributed by atoms with Crippen molar-refractivity contribution in [3.05, 3.63) is 65.5 Å². The maximum atomic E-state index is 12.4. The van der Waals surface area contributed by atoms with E-state index in [4.69, 9.17) is 4.52 Å². The van der Waals surface area contributed by atoms with Gasteiger partial charge in [0.05, 0.1) is 6.54 Å². The number of hydrogen-bond acceptors (Lipinski definition) is 5. The monoisotopic (exact) mass is 390 g/mol. The van der Waals surface area contributed by atoms with Crippen LogP contribution >= 0.6 is 0 Å². The van der Waals surface area contributed by atoms with Gasteiger partial charge < -0.3 is 9.84 Å². The zero-order valence-electron chi connectivity index (χ0n) is 16.9. The van der Waals surface area contributed by atoms with Gasteiger partial charge in [0.2, 0.25) is 17.6 Å². The van der Waals surface area contributed by atoms with Gasteiger partial charge in [0.1, 0.15) is 0 Å². The third-order valence-corrected chi connectivity index (χ3v) is 5.43. The molecule has 1 aromatic heterocycles. The summed E-state index contributed by atoms with van der Waals surface area (Å²) in [5, 5.41) is 7.15. The van der Waals surface area contributed by atoms with Gasteiger partial charge in [0, 0.05) is 17.2 Å². The lowest BCUT2D eigenvalue weighted by Crippen LogP contribution is -2.38. The highest BCUT2D eigenvalue weighted by atomic mass is 16.5. The van der Waals surface area contributed by atoms with Gasteiger partial charge in [-0.2, -0.15) is 4.98 Å². The standard InChI is InChI=1S/C23H26N4O2/c1-16-8-9-20(17(2)14-16)24-21(28)15-27-12-10-19(11-13-27)23-25-22(26-29-23)18-6-4-3-5-7-18/h3-9,14,19H,10-13,15H2,1-2H3,(H,24,28). The maximum Gasteiger partial charge on any atom is 0.238 e. The fourth-order valence-corrected chi connectivity index (χ4v) is 3.79. The number of aryl methyl sites for hydroxylation is 2. The molecule has 1 fully saturated rings. The van der Waals surface area contributed by atoms with E-state index in [9.17, 15) is 4.79 Å². The fraction of sp³-hybridized carbons (Fsp3) is 0.348. The van der Waals surface area contributed by atoms with Crippen LogP contribution in [0.4, 0.5) is 5.69 Å². The first-order valence-electron chi connectivity index (χ1n) is 10.1. The molecular formula is C23H26N4O2. The third kappa shape index (κ3) is 4.71. The number of carbonyl (C=O) groups is 1. The Balaban J connectivity index is 1.29. The Morgan fingerprint density at radius 3 is 2.62 bits per heavy atom. The molecule has 1 aliphatic heterocycles. The van der Waals surface area contributed by atoms with Crippen LogP contribution in [0.2, 0.25) is 0 Å². The largest absolute Gasteiger partial charge is 0.339 e. The Hall–Kier alpha value is -2.99. The summed E-state index contributed by atoms with van der Waals surface area (Å²) in [6, 6.07) is 15.9. The highest BCUT2D eigenvalue weighted by molar-refractivity contribution is 5.93.